The Labute approximate surface area is 755 Å². The second kappa shape index (κ2) is 38.3. The van der Waals surface area contributed by atoms with Gasteiger partial charge in [0.2, 0.25) is 35.4 Å². The molecule has 3 unspecified atom stereocenters. The fraction of sp³-hybridized carbons (Fsp3) is 0.393. The van der Waals surface area contributed by atoms with Gasteiger partial charge in [0.1, 0.15) is 100 Å². The Balaban J connectivity index is 0.000000140. The number of halogens is 9. The number of methoxy groups -OCH3 is 1. The molecule has 9 aromatic heterocycles. The van der Waals surface area contributed by atoms with Crippen molar-refractivity contribution in [2.45, 2.75) is 45.5 Å². The summed E-state index contributed by atoms with van der Waals surface area (Å²) in [6.45, 7) is 29.5. The number of piperazine rings is 3. The highest BCUT2D eigenvalue weighted by molar-refractivity contribution is 6.35. The summed E-state index contributed by atoms with van der Waals surface area (Å²) in [5.41, 5.74) is 2.14. The lowest BCUT2D eigenvalue weighted by molar-refractivity contribution is -0.127. The van der Waals surface area contributed by atoms with Crippen LogP contribution in [0.1, 0.15) is 27.2 Å². The zero-order valence-corrected chi connectivity index (χ0v) is 74.3. The van der Waals surface area contributed by atoms with E-state index in [0.29, 0.717) is 168 Å². The number of aromatic nitrogens is 15. The number of piperidine rings is 1. The average molecular weight is 1860 g/mol. The molecule has 34 nitrogen and oxygen atoms in total. The number of likely N-dealkylation sites (tertiary alicyclic amines) is 3. The number of amides is 3. The van der Waals surface area contributed by atoms with Crippen LogP contribution in [0.25, 0.3) is 65.4 Å². The summed E-state index contributed by atoms with van der Waals surface area (Å²) in [7, 11) is 5.77. The highest BCUT2D eigenvalue weighted by Gasteiger charge is 2.37. The van der Waals surface area contributed by atoms with Crippen molar-refractivity contribution in [2.24, 2.45) is 17.8 Å². The number of nitrogens with zero attached hydrogens (tertiary/aromatic N) is 21. The zero-order chi connectivity index (χ0) is 89.3. The maximum absolute atomic E-state index is 14.8. The molecule has 6 aliphatic rings. The fourth-order valence-electron chi connectivity index (χ4n) is 16.5. The second-order valence-electron chi connectivity index (χ2n) is 31.7. The number of hydrogen-bond acceptors (Lipinski definition) is 28. The molecule has 666 valence electrons. The Morgan fingerprint density at radius 2 is 0.740 bits per heavy atom. The molecule has 0 bridgehead atoms. The van der Waals surface area contributed by atoms with Gasteiger partial charge in [0.05, 0.1) is 74.1 Å². The minimum Gasteiger partial charge on any atom is -0.460 e. The third-order valence-electron chi connectivity index (χ3n) is 23.1. The first kappa shape index (κ1) is 89.1. The summed E-state index contributed by atoms with van der Waals surface area (Å²) < 4.78 is 87.0. The number of benzene rings is 3. The van der Waals surface area contributed by atoms with Gasteiger partial charge in [-0.15, -0.1) is 0 Å². The van der Waals surface area contributed by atoms with Gasteiger partial charge in [-0.2, -0.15) is 60.2 Å². The highest BCUT2D eigenvalue weighted by Crippen LogP contribution is 2.47. The molecule has 43 heteroatoms. The Kier molecular flexibility index (Phi) is 26.9. The van der Waals surface area contributed by atoms with Crippen LogP contribution in [-0.2, 0) is 19.1 Å². The predicted octanol–water partition coefficient (Wildman–Crippen LogP) is 13.3. The van der Waals surface area contributed by atoms with Gasteiger partial charge in [-0.3, -0.25) is 29.7 Å². The van der Waals surface area contributed by atoms with E-state index in [1.807, 2.05) is 28.8 Å². The van der Waals surface area contributed by atoms with Crippen molar-refractivity contribution in [3.8, 4) is 52.9 Å². The number of pyridine rings is 3. The lowest BCUT2D eigenvalue weighted by atomic mass is 9.96. The van der Waals surface area contributed by atoms with E-state index in [-0.39, 0.29) is 137 Å². The van der Waals surface area contributed by atoms with Crippen molar-refractivity contribution >= 4 is 170 Å². The number of aromatic amines is 3. The average Bonchev–Trinajstić information content (AvgIpc) is 1.70. The molecule has 0 aliphatic carbocycles. The van der Waals surface area contributed by atoms with Crippen molar-refractivity contribution in [2.75, 3.05) is 167 Å². The molecule has 0 radical (unpaired) electrons. The van der Waals surface area contributed by atoms with Crippen molar-refractivity contribution in [1.29, 1.82) is 0 Å². The van der Waals surface area contributed by atoms with Crippen LogP contribution in [-0.4, -0.2) is 293 Å². The molecule has 3 N–H and O–H groups in total. The highest BCUT2D eigenvalue weighted by atomic mass is 35.5. The molecule has 15 heterocycles. The van der Waals surface area contributed by atoms with Crippen LogP contribution in [0.15, 0.2) is 93.0 Å². The number of hydrogen-bond donors (Lipinski definition) is 3. The number of likely N-dealkylation sites (N-methyl/N-ethyl adjacent to an activating group) is 2. The van der Waals surface area contributed by atoms with Gasteiger partial charge < -0.3 is 77.3 Å². The van der Waals surface area contributed by atoms with Gasteiger partial charge in [-0.1, -0.05) is 110 Å². The van der Waals surface area contributed by atoms with E-state index in [1.165, 1.54) is 55.0 Å². The summed E-state index contributed by atoms with van der Waals surface area (Å²) >= 11 is 38.5. The summed E-state index contributed by atoms with van der Waals surface area (Å²) in [5.74, 6) is 0.0466. The first-order valence-electron chi connectivity index (χ1n) is 40.9. The molecule has 12 aromatic rings. The smallest absolute Gasteiger partial charge is 0.319 e. The molecule has 6 saturated heterocycles. The number of nitrogens with one attached hydrogen (secondary N) is 3. The van der Waals surface area contributed by atoms with E-state index in [4.69, 9.17) is 133 Å². The lowest BCUT2D eigenvalue weighted by Gasteiger charge is -2.37. The maximum Gasteiger partial charge on any atom is 0.319 e. The number of fused-ring (bicyclic) bond motifs is 6. The molecule has 3 aromatic carbocycles. The van der Waals surface area contributed by atoms with E-state index < -0.39 is 17.5 Å². The molecular formula is C84H87Cl6F3N24O10. The summed E-state index contributed by atoms with van der Waals surface area (Å²) in [6, 6.07) is 9.13. The van der Waals surface area contributed by atoms with E-state index in [9.17, 15) is 27.6 Å². The Morgan fingerprint density at radius 3 is 1.03 bits per heavy atom. The Bertz CT molecular complexity index is 5980. The SMILES string of the molecule is C=CC(=O)N1CCN(c2nc(OC3CCN(CCOC)C[C@H]3C)nc3c(Oc4c(Cl)c(F)cc5[nH]ncc45)nc(Cl)cc23)CC1.C=CC(=O)N1CCN(c2nc(OC3CN(C)C[C@H]3C)nc3c(Oc4c(Cl)c(F)cc5[nH]ncc45)nc(Cl)cc23)CC1.C=CC(=O)N1CCN(c2nc(OC3CN(C)C[C@H]3C)nc3c(Oc4c(Cl)c(F)cc5[nH]ncc45)nc(Cl)cc23)CC1. The normalized spacial score (nSPS) is 19.6. The third-order valence-corrected chi connectivity index (χ3v) is 24.7. The van der Waals surface area contributed by atoms with Gasteiger partial charge >= 0.3 is 18.0 Å². The van der Waals surface area contributed by atoms with Crippen LogP contribution in [0.3, 0.4) is 0 Å². The first-order valence-corrected chi connectivity index (χ1v) is 43.1. The molecular weight excluding hydrogens is 1770 g/mol. The Hall–Kier alpha value is -11.3. The summed E-state index contributed by atoms with van der Waals surface area (Å²) in [6.07, 6.45) is 8.79. The molecule has 0 spiro atoms. The largest absolute Gasteiger partial charge is 0.460 e. The number of H-pyrrole nitrogens is 3. The Morgan fingerprint density at radius 1 is 0.425 bits per heavy atom. The molecule has 0 saturated carbocycles. The molecule has 6 atom stereocenters. The molecule has 6 aliphatic heterocycles. The summed E-state index contributed by atoms with van der Waals surface area (Å²) in [5, 5.41) is 22.8. The van der Waals surface area contributed by atoms with E-state index in [2.05, 4.69) is 101 Å². The quantitative estimate of drug-likeness (QED) is 0.0444. The van der Waals surface area contributed by atoms with Crippen LogP contribution in [0.5, 0.6) is 52.9 Å². The fourth-order valence-corrected chi connectivity index (χ4v) is 17.6. The number of carbonyl (C=O) groups excluding carboxylic acids is 3. The monoisotopic (exact) mass is 1860 g/mol. The molecule has 18 rings (SSSR count). The predicted molar refractivity (Wildman–Crippen MR) is 476 cm³/mol. The second-order valence-corrected chi connectivity index (χ2v) is 34.0. The van der Waals surface area contributed by atoms with E-state index in [0.717, 1.165) is 52.2 Å². The lowest BCUT2D eigenvalue weighted by Crippen LogP contribution is -2.48. The minimum absolute atomic E-state index is 0.00362. The number of ether oxygens (including phenoxy) is 7. The van der Waals surface area contributed by atoms with Crippen LogP contribution in [0, 0.1) is 35.2 Å². The van der Waals surface area contributed by atoms with Crippen molar-refractivity contribution in [3.63, 3.8) is 0 Å². The van der Waals surface area contributed by atoms with E-state index >= 15 is 0 Å². The van der Waals surface area contributed by atoms with Crippen LogP contribution >= 0.6 is 69.6 Å². The standard InChI is InChI=1S/C30H33Cl2FN8O4.2C27H27Cl2FN8O3/c1-4-24(42)40-7-9-41(10-8-40)28-18-13-23(31)35-29(45-27-19-15-34-38-21(19)14-20(33)25(27)32)26(18)36-30(37-28)44-22-5-6-39(11-12-43-3)16-17(22)2;2*1-4-21(39)37-5-7-38(8-6-37)25-15-9-20(28)32-26(41-24-16-11-31-35-18(16)10-17(30)22(24)29)23(15)33-27(34-25)40-19-13-36(3)12-14(19)2/h4,13-15,17,22H,1,5-12,16H2,2-3H3,(H,34,38);2*4,9-11,14,19H,1,5-8,12-13H2,2-3H3,(H,31,35)/t17-,22?;2*14-,19?/m111/s1. The summed E-state index contributed by atoms with van der Waals surface area (Å²) in [4.78, 5) is 96.5. The number of carbonyl (C=O) groups is 3. The van der Waals surface area contributed by atoms with Gasteiger partial charge in [-0.25, -0.2) is 13.2 Å². The van der Waals surface area contributed by atoms with Crippen LogP contribution in [0.4, 0.5) is 30.6 Å². The molecule has 3 amide bonds. The van der Waals surface area contributed by atoms with Crippen LogP contribution in [0.2, 0.25) is 30.5 Å². The zero-order valence-electron chi connectivity index (χ0n) is 69.7. The van der Waals surface area contributed by atoms with E-state index in [1.54, 1.807) is 40.0 Å². The van der Waals surface area contributed by atoms with Gasteiger partial charge in [0, 0.05) is 167 Å². The molecule has 127 heavy (non-hydrogen) atoms. The minimum atomic E-state index is -0.688. The van der Waals surface area contributed by atoms with Gasteiger partial charge in [0.25, 0.3) is 0 Å². The number of anilines is 3. The maximum atomic E-state index is 14.8. The first-order chi connectivity index (χ1) is 61.2. The van der Waals surface area contributed by atoms with Gasteiger partial charge in [-0.05, 0) is 56.9 Å². The molecule has 6 fully saturated rings. The van der Waals surface area contributed by atoms with Crippen LogP contribution < -0.4 is 43.1 Å². The van der Waals surface area contributed by atoms with Crippen molar-refractivity contribution in [3.05, 3.63) is 141 Å². The van der Waals surface area contributed by atoms with Crippen molar-refractivity contribution in [1.82, 2.24) is 105 Å². The number of rotatable bonds is 21. The van der Waals surface area contributed by atoms with Crippen molar-refractivity contribution < 1.29 is 60.7 Å². The third kappa shape index (κ3) is 19.2. The van der Waals surface area contributed by atoms with Gasteiger partial charge in [0.15, 0.2) is 17.2 Å². The topological polar surface area (TPSA) is 347 Å².